The summed E-state index contributed by atoms with van der Waals surface area (Å²) in [6.07, 6.45) is 1.03. The molecule has 0 spiro atoms. The van der Waals surface area contributed by atoms with Gasteiger partial charge < -0.3 is 14.3 Å². The molecule has 84 valence electrons. The molecular formula is C11H13BBrNO2. The van der Waals surface area contributed by atoms with E-state index in [1.807, 2.05) is 12.1 Å². The highest BCUT2D eigenvalue weighted by Crippen LogP contribution is 2.23. The molecule has 0 saturated carbocycles. The van der Waals surface area contributed by atoms with E-state index in [-0.39, 0.29) is 6.10 Å². The van der Waals surface area contributed by atoms with E-state index in [9.17, 15) is 4.79 Å². The molecule has 0 amide bonds. The van der Waals surface area contributed by atoms with Crippen LogP contribution in [0.25, 0.3) is 0 Å². The number of halogens is 1. The molecule has 1 unspecified atom stereocenters. The Morgan fingerprint density at radius 2 is 2.19 bits per heavy atom. The molecule has 1 heterocycles. The number of hydrogen-bond donors (Lipinski definition) is 0. The molecule has 0 N–H and O–H groups in total. The Hall–Kier alpha value is -0.645. The van der Waals surface area contributed by atoms with Crippen molar-refractivity contribution in [3.05, 3.63) is 34.3 Å². The van der Waals surface area contributed by atoms with E-state index in [4.69, 9.17) is 4.74 Å². The third kappa shape index (κ3) is 2.93. The largest absolute Gasteiger partial charge is 0.371 e. The second-order valence-electron chi connectivity index (χ2n) is 3.84. The van der Waals surface area contributed by atoms with Crippen molar-refractivity contribution in [2.24, 2.45) is 0 Å². The van der Waals surface area contributed by atoms with E-state index < -0.39 is 0 Å². The molecule has 2 rings (SSSR count). The van der Waals surface area contributed by atoms with Crippen LogP contribution in [0.4, 0.5) is 0 Å². The number of hydrogen-bond acceptors (Lipinski definition) is 3. The highest BCUT2D eigenvalue weighted by Gasteiger charge is 2.21. The lowest BCUT2D eigenvalue weighted by molar-refractivity contribution is -0.00284. The van der Waals surface area contributed by atoms with Gasteiger partial charge in [0.2, 0.25) is 0 Å². The quantitative estimate of drug-likeness (QED) is 0.619. The van der Waals surface area contributed by atoms with E-state index in [1.54, 1.807) is 0 Å². The fraction of sp³-hybridized carbons (Fsp3) is 0.364. The Bertz CT molecular complexity index is 358. The first-order chi connectivity index (χ1) is 7.79. The lowest BCUT2D eigenvalue weighted by Crippen LogP contribution is -2.41. The molecule has 3 nitrogen and oxygen atoms in total. The van der Waals surface area contributed by atoms with Crippen LogP contribution in [0.2, 0.25) is 0 Å². The van der Waals surface area contributed by atoms with Gasteiger partial charge in [-0.25, -0.2) is 0 Å². The number of carbonyl (C=O) groups excluding carboxylic acids is 1. The van der Waals surface area contributed by atoms with Gasteiger partial charge in [-0.15, -0.1) is 0 Å². The Kier molecular flexibility index (Phi) is 4.15. The van der Waals surface area contributed by atoms with Gasteiger partial charge in [-0.1, -0.05) is 28.1 Å². The molecular weight excluding hydrogens is 269 g/mol. The van der Waals surface area contributed by atoms with E-state index in [2.05, 4.69) is 32.9 Å². The summed E-state index contributed by atoms with van der Waals surface area (Å²) in [7, 11) is 0.496. The van der Waals surface area contributed by atoms with E-state index >= 15 is 0 Å². The summed E-state index contributed by atoms with van der Waals surface area (Å²) in [6, 6.07) is 8.13. The molecule has 1 aliphatic rings. The standard InChI is InChI=1S/C11H13BBrNO2/c13-10-3-1-9(2-4-10)11-7-14(12-8-15)5-6-16-11/h1-4,8,11-12H,5-7H2. The zero-order chi connectivity index (χ0) is 11.4. The van der Waals surface area contributed by atoms with Crippen molar-refractivity contribution in [3.63, 3.8) is 0 Å². The van der Waals surface area contributed by atoms with Crippen molar-refractivity contribution in [3.8, 4) is 0 Å². The molecule has 0 bridgehead atoms. The van der Waals surface area contributed by atoms with Crippen LogP contribution in [-0.2, 0) is 9.53 Å². The SMILES string of the molecule is O=CBN1CCOC(c2ccc(Br)cc2)C1. The zero-order valence-electron chi connectivity index (χ0n) is 8.93. The van der Waals surface area contributed by atoms with Crippen LogP contribution >= 0.6 is 15.9 Å². The fourth-order valence-corrected chi connectivity index (χ4v) is 2.12. The van der Waals surface area contributed by atoms with Crippen LogP contribution in [0, 0.1) is 0 Å². The van der Waals surface area contributed by atoms with E-state index in [0.717, 1.165) is 23.7 Å². The van der Waals surface area contributed by atoms with Gasteiger partial charge in [0, 0.05) is 17.6 Å². The van der Waals surface area contributed by atoms with Gasteiger partial charge >= 0.3 is 0 Å². The third-order valence-corrected chi connectivity index (χ3v) is 3.25. The van der Waals surface area contributed by atoms with Crippen molar-refractivity contribution in [2.45, 2.75) is 6.10 Å². The number of rotatable bonds is 3. The summed E-state index contributed by atoms with van der Waals surface area (Å²) < 4.78 is 6.77. The highest BCUT2D eigenvalue weighted by molar-refractivity contribution is 9.10. The van der Waals surface area contributed by atoms with Crippen molar-refractivity contribution in [2.75, 3.05) is 19.7 Å². The number of carbonyl (C=O) groups is 1. The minimum atomic E-state index is 0.0850. The first kappa shape index (κ1) is 11.8. The number of benzene rings is 1. The first-order valence-electron chi connectivity index (χ1n) is 5.32. The Labute approximate surface area is 104 Å². The minimum Gasteiger partial charge on any atom is -0.371 e. The van der Waals surface area contributed by atoms with Gasteiger partial charge in [0.25, 0.3) is 7.41 Å². The predicted molar refractivity (Wildman–Crippen MR) is 68.3 cm³/mol. The Morgan fingerprint density at radius 3 is 2.88 bits per heavy atom. The van der Waals surface area contributed by atoms with Crippen LogP contribution in [0.1, 0.15) is 11.7 Å². The molecule has 1 aromatic carbocycles. The Morgan fingerprint density at radius 1 is 1.44 bits per heavy atom. The molecule has 16 heavy (non-hydrogen) atoms. The maximum absolute atomic E-state index is 10.5. The van der Waals surface area contributed by atoms with E-state index in [1.165, 1.54) is 5.56 Å². The van der Waals surface area contributed by atoms with Crippen LogP contribution in [0.3, 0.4) is 0 Å². The Balaban J connectivity index is 2.03. The summed E-state index contributed by atoms with van der Waals surface area (Å²) >= 11 is 3.41. The summed E-state index contributed by atoms with van der Waals surface area (Å²) in [5.74, 6) is 0. The van der Waals surface area contributed by atoms with Gasteiger partial charge in [-0.05, 0) is 17.7 Å². The van der Waals surface area contributed by atoms with Gasteiger partial charge in [-0.2, -0.15) is 0 Å². The smallest absolute Gasteiger partial charge is 0.281 e. The number of morpholine rings is 1. The fourth-order valence-electron chi connectivity index (χ4n) is 1.85. The summed E-state index contributed by atoms with van der Waals surface area (Å²) in [5, 5.41) is 0. The van der Waals surface area contributed by atoms with Crippen molar-refractivity contribution in [1.82, 2.24) is 4.81 Å². The van der Waals surface area contributed by atoms with Crippen LogP contribution in [0.15, 0.2) is 28.7 Å². The average molecular weight is 282 g/mol. The van der Waals surface area contributed by atoms with Crippen LogP contribution in [-0.4, -0.2) is 38.1 Å². The topological polar surface area (TPSA) is 29.5 Å². The molecule has 1 aromatic rings. The average Bonchev–Trinajstić information content (AvgIpc) is 2.31. The summed E-state index contributed by atoms with van der Waals surface area (Å²) in [5.41, 5.74) is 1.17. The molecule has 0 radical (unpaired) electrons. The lowest BCUT2D eigenvalue weighted by atomic mass is 9.92. The molecule has 0 aromatic heterocycles. The van der Waals surface area contributed by atoms with E-state index in [0.29, 0.717) is 14.0 Å². The molecule has 1 aliphatic heterocycles. The molecule has 1 fully saturated rings. The van der Waals surface area contributed by atoms with Crippen molar-refractivity contribution < 1.29 is 9.53 Å². The molecule has 0 aliphatic carbocycles. The van der Waals surface area contributed by atoms with Gasteiger partial charge in [0.05, 0.1) is 18.9 Å². The monoisotopic (exact) mass is 281 g/mol. The third-order valence-electron chi connectivity index (χ3n) is 2.73. The predicted octanol–water partition coefficient (Wildman–Crippen LogP) is 1.36. The van der Waals surface area contributed by atoms with Crippen LogP contribution < -0.4 is 0 Å². The van der Waals surface area contributed by atoms with Gasteiger partial charge in [-0.3, -0.25) is 0 Å². The summed E-state index contributed by atoms with van der Waals surface area (Å²) in [4.78, 5) is 12.6. The maximum Gasteiger partial charge on any atom is 0.281 e. The minimum absolute atomic E-state index is 0.0850. The summed E-state index contributed by atoms with van der Waals surface area (Å²) in [6.45, 7) is 2.32. The van der Waals surface area contributed by atoms with Crippen molar-refractivity contribution >= 4 is 29.5 Å². The molecule has 5 heteroatoms. The number of nitrogens with zero attached hydrogens (tertiary/aromatic N) is 1. The highest BCUT2D eigenvalue weighted by atomic mass is 79.9. The maximum atomic E-state index is 10.5. The second-order valence-corrected chi connectivity index (χ2v) is 4.75. The lowest BCUT2D eigenvalue weighted by Gasteiger charge is -2.31. The molecule has 1 atom stereocenters. The van der Waals surface area contributed by atoms with Gasteiger partial charge in [0.15, 0.2) is 0 Å². The number of ether oxygens (including phenoxy) is 1. The molecule has 1 saturated heterocycles. The normalized spacial score (nSPS) is 21.7. The second kappa shape index (κ2) is 5.61. The zero-order valence-corrected chi connectivity index (χ0v) is 10.5. The van der Waals surface area contributed by atoms with Crippen molar-refractivity contribution in [1.29, 1.82) is 0 Å². The van der Waals surface area contributed by atoms with Crippen LogP contribution in [0.5, 0.6) is 0 Å². The first-order valence-corrected chi connectivity index (χ1v) is 6.12. The van der Waals surface area contributed by atoms with Gasteiger partial charge in [0.1, 0.15) is 0 Å².